The van der Waals surface area contributed by atoms with Gasteiger partial charge in [0.05, 0.1) is 11.9 Å². The van der Waals surface area contributed by atoms with E-state index in [2.05, 4.69) is 34.2 Å². The third-order valence-electron chi connectivity index (χ3n) is 4.55. The van der Waals surface area contributed by atoms with E-state index in [1.807, 2.05) is 6.92 Å². The Morgan fingerprint density at radius 3 is 2.44 bits per heavy atom. The summed E-state index contributed by atoms with van der Waals surface area (Å²) in [6.45, 7) is 8.64. The highest BCUT2D eigenvalue weighted by molar-refractivity contribution is 7.89. The Kier molecular flexibility index (Phi) is 10.4. The number of sulfonamides is 1. The van der Waals surface area contributed by atoms with Gasteiger partial charge in [-0.1, -0.05) is 20.3 Å². The molecule has 25 heavy (non-hydrogen) atoms. The lowest BCUT2D eigenvalue weighted by molar-refractivity contribution is 0.0258. The Morgan fingerprint density at radius 2 is 1.92 bits per heavy atom. The molecule has 0 heterocycles. The van der Waals surface area contributed by atoms with Crippen molar-refractivity contribution in [1.29, 1.82) is 0 Å². The van der Waals surface area contributed by atoms with Gasteiger partial charge in [0, 0.05) is 33.3 Å². The second-order valence-electron chi connectivity index (χ2n) is 6.92. The fraction of sp³-hybridized carbons (Fsp3) is 0.941. The lowest BCUT2D eigenvalue weighted by atomic mass is 9.86. The first kappa shape index (κ1) is 22.2. The standard InChI is InChI=1S/C17H36N4O3S/c1-5-24-16(14(2)3)9-10-19-17(18-4)20-11-12-25(22,23)21-13-15-7-6-8-15/h14-16,21H,5-13H2,1-4H3,(H2,18,19,20). The van der Waals surface area contributed by atoms with Crippen molar-refractivity contribution in [2.45, 2.75) is 52.6 Å². The smallest absolute Gasteiger partial charge is 0.213 e. The summed E-state index contributed by atoms with van der Waals surface area (Å²) in [5.41, 5.74) is 0. The van der Waals surface area contributed by atoms with Crippen LogP contribution in [0.4, 0.5) is 0 Å². The molecular formula is C17H36N4O3S. The zero-order chi connectivity index (χ0) is 18.7. The molecule has 3 N–H and O–H groups in total. The zero-order valence-corrected chi connectivity index (χ0v) is 17.0. The highest BCUT2D eigenvalue weighted by Crippen LogP contribution is 2.25. The van der Waals surface area contributed by atoms with Gasteiger partial charge in [0.15, 0.2) is 5.96 Å². The molecule has 1 fully saturated rings. The summed E-state index contributed by atoms with van der Waals surface area (Å²) in [7, 11) is -1.54. The maximum Gasteiger partial charge on any atom is 0.213 e. The van der Waals surface area contributed by atoms with E-state index >= 15 is 0 Å². The van der Waals surface area contributed by atoms with Gasteiger partial charge in [0.25, 0.3) is 0 Å². The lowest BCUT2D eigenvalue weighted by Crippen LogP contribution is -2.43. The van der Waals surface area contributed by atoms with Gasteiger partial charge < -0.3 is 15.4 Å². The summed E-state index contributed by atoms with van der Waals surface area (Å²) in [6.07, 6.45) is 4.59. The number of nitrogens with zero attached hydrogens (tertiary/aromatic N) is 1. The fourth-order valence-electron chi connectivity index (χ4n) is 2.69. The fourth-order valence-corrected chi connectivity index (χ4v) is 3.70. The van der Waals surface area contributed by atoms with E-state index in [0.29, 0.717) is 37.5 Å². The lowest BCUT2D eigenvalue weighted by Gasteiger charge is -2.25. The number of nitrogens with one attached hydrogen (secondary N) is 3. The number of rotatable bonds is 12. The minimum absolute atomic E-state index is 0.0496. The Labute approximate surface area is 153 Å². The van der Waals surface area contributed by atoms with Crippen LogP contribution in [0.2, 0.25) is 0 Å². The molecule has 1 saturated carbocycles. The molecule has 0 spiro atoms. The number of guanidine groups is 1. The molecule has 1 atom stereocenters. The molecule has 1 aliphatic carbocycles. The van der Waals surface area contributed by atoms with Crippen molar-refractivity contribution in [2.75, 3.05) is 39.0 Å². The van der Waals surface area contributed by atoms with Crippen molar-refractivity contribution in [3.63, 3.8) is 0 Å². The van der Waals surface area contributed by atoms with Gasteiger partial charge in [-0.2, -0.15) is 0 Å². The first-order valence-corrected chi connectivity index (χ1v) is 11.1. The van der Waals surface area contributed by atoms with Crippen LogP contribution in [0.5, 0.6) is 0 Å². The molecular weight excluding hydrogens is 340 g/mol. The molecule has 1 rings (SSSR count). The normalized spacial score (nSPS) is 17.4. The molecule has 1 unspecified atom stereocenters. The predicted molar refractivity (Wildman–Crippen MR) is 103 cm³/mol. The maximum absolute atomic E-state index is 12.0. The minimum atomic E-state index is -3.22. The highest BCUT2D eigenvalue weighted by atomic mass is 32.2. The van der Waals surface area contributed by atoms with Gasteiger partial charge >= 0.3 is 0 Å². The Bertz CT molecular complexity index is 490. The third kappa shape index (κ3) is 9.42. The summed E-state index contributed by atoms with van der Waals surface area (Å²) in [5.74, 6) is 1.65. The van der Waals surface area contributed by atoms with Crippen LogP contribution < -0.4 is 15.4 Å². The summed E-state index contributed by atoms with van der Waals surface area (Å²) in [5, 5.41) is 6.27. The van der Waals surface area contributed by atoms with Gasteiger partial charge in [-0.15, -0.1) is 0 Å². The Morgan fingerprint density at radius 1 is 1.24 bits per heavy atom. The van der Waals surface area contributed by atoms with E-state index in [-0.39, 0.29) is 11.9 Å². The summed E-state index contributed by atoms with van der Waals surface area (Å²) in [4.78, 5) is 4.13. The van der Waals surface area contributed by atoms with Crippen molar-refractivity contribution in [3.8, 4) is 0 Å². The van der Waals surface area contributed by atoms with Gasteiger partial charge in [0.1, 0.15) is 0 Å². The number of hydrogen-bond donors (Lipinski definition) is 3. The van der Waals surface area contributed by atoms with Crippen LogP contribution in [-0.2, 0) is 14.8 Å². The summed E-state index contributed by atoms with van der Waals surface area (Å²) >= 11 is 0. The molecule has 0 radical (unpaired) electrons. The van der Waals surface area contributed by atoms with E-state index in [4.69, 9.17) is 4.74 Å². The maximum atomic E-state index is 12.0. The van der Waals surface area contributed by atoms with Crippen LogP contribution >= 0.6 is 0 Å². The first-order valence-electron chi connectivity index (χ1n) is 9.41. The van der Waals surface area contributed by atoms with E-state index in [0.717, 1.165) is 25.8 Å². The van der Waals surface area contributed by atoms with Crippen LogP contribution in [0, 0.1) is 11.8 Å². The molecule has 1 aliphatic rings. The zero-order valence-electron chi connectivity index (χ0n) is 16.2. The van der Waals surface area contributed by atoms with Crippen molar-refractivity contribution in [1.82, 2.24) is 15.4 Å². The number of hydrogen-bond acceptors (Lipinski definition) is 4. The minimum Gasteiger partial charge on any atom is -0.378 e. The van der Waals surface area contributed by atoms with Gasteiger partial charge in [-0.25, -0.2) is 13.1 Å². The molecule has 148 valence electrons. The number of aliphatic imine (C=N–C) groups is 1. The van der Waals surface area contributed by atoms with Crippen LogP contribution in [0.15, 0.2) is 4.99 Å². The quantitative estimate of drug-likeness (QED) is 0.353. The molecule has 0 aromatic rings. The molecule has 0 aliphatic heterocycles. The van der Waals surface area contributed by atoms with Crippen LogP contribution in [-0.4, -0.2) is 59.5 Å². The second kappa shape index (κ2) is 11.7. The first-order chi connectivity index (χ1) is 11.9. The molecule has 7 nitrogen and oxygen atoms in total. The Balaban J connectivity index is 2.22. The van der Waals surface area contributed by atoms with E-state index < -0.39 is 10.0 Å². The van der Waals surface area contributed by atoms with Crippen molar-refractivity contribution >= 4 is 16.0 Å². The van der Waals surface area contributed by atoms with Crippen molar-refractivity contribution < 1.29 is 13.2 Å². The molecule has 0 aromatic carbocycles. The molecule has 0 amide bonds. The molecule has 0 bridgehead atoms. The van der Waals surface area contributed by atoms with Crippen LogP contribution in [0.1, 0.15) is 46.5 Å². The summed E-state index contributed by atoms with van der Waals surface area (Å²) in [6, 6.07) is 0. The topological polar surface area (TPSA) is 91.8 Å². The van der Waals surface area contributed by atoms with Crippen molar-refractivity contribution in [2.24, 2.45) is 16.8 Å². The largest absolute Gasteiger partial charge is 0.378 e. The number of ether oxygens (including phenoxy) is 1. The second-order valence-corrected chi connectivity index (χ2v) is 8.84. The predicted octanol–water partition coefficient (Wildman–Crippen LogP) is 1.32. The Hall–Kier alpha value is -0.860. The summed E-state index contributed by atoms with van der Waals surface area (Å²) < 4.78 is 32.3. The van der Waals surface area contributed by atoms with Gasteiger partial charge in [-0.05, 0) is 38.0 Å². The van der Waals surface area contributed by atoms with E-state index in [1.165, 1.54) is 6.42 Å². The molecule has 8 heteroatoms. The monoisotopic (exact) mass is 376 g/mol. The van der Waals surface area contributed by atoms with E-state index in [9.17, 15) is 8.42 Å². The van der Waals surface area contributed by atoms with Gasteiger partial charge in [0.2, 0.25) is 10.0 Å². The van der Waals surface area contributed by atoms with Crippen LogP contribution in [0.25, 0.3) is 0 Å². The highest BCUT2D eigenvalue weighted by Gasteiger charge is 2.20. The molecule has 0 aromatic heterocycles. The molecule has 0 saturated heterocycles. The SMILES string of the molecule is CCOC(CCNC(=NC)NCCS(=O)(=O)NCC1CCC1)C(C)C. The third-order valence-corrected chi connectivity index (χ3v) is 5.90. The van der Waals surface area contributed by atoms with Crippen molar-refractivity contribution in [3.05, 3.63) is 0 Å². The average molecular weight is 377 g/mol. The average Bonchev–Trinajstić information content (AvgIpc) is 2.50. The van der Waals surface area contributed by atoms with E-state index in [1.54, 1.807) is 7.05 Å². The van der Waals surface area contributed by atoms with Gasteiger partial charge in [-0.3, -0.25) is 4.99 Å². The van der Waals surface area contributed by atoms with Crippen LogP contribution in [0.3, 0.4) is 0 Å².